The van der Waals surface area contributed by atoms with Crippen LogP contribution in [0, 0.1) is 5.41 Å². The van der Waals surface area contributed by atoms with E-state index in [1.807, 2.05) is 4.90 Å². The van der Waals surface area contributed by atoms with Crippen LogP contribution in [0.25, 0.3) is 0 Å². The van der Waals surface area contributed by atoms with Crippen molar-refractivity contribution in [3.05, 3.63) is 0 Å². The number of carbonyl (C=O) groups excluding carboxylic acids is 1. The van der Waals surface area contributed by atoms with Gasteiger partial charge in [0.05, 0.1) is 0 Å². The van der Waals surface area contributed by atoms with E-state index in [4.69, 9.17) is 0 Å². The van der Waals surface area contributed by atoms with Crippen LogP contribution < -0.4 is 0 Å². The summed E-state index contributed by atoms with van der Waals surface area (Å²) in [5.41, 5.74) is 0.512. The third kappa shape index (κ3) is 3.13. The first-order valence-electron chi connectivity index (χ1n) is 6.06. The van der Waals surface area contributed by atoms with Gasteiger partial charge >= 0.3 is 0 Å². The van der Waals surface area contributed by atoms with Crippen molar-refractivity contribution in [2.24, 2.45) is 5.41 Å². The van der Waals surface area contributed by atoms with E-state index in [9.17, 15) is 4.79 Å². The summed E-state index contributed by atoms with van der Waals surface area (Å²) in [5, 5.41) is 0. The first-order chi connectivity index (χ1) is 7.17. The number of piperidine rings is 1. The van der Waals surface area contributed by atoms with Crippen LogP contribution in [-0.4, -0.2) is 29.6 Å². The quantitative estimate of drug-likeness (QED) is 0.735. The first-order valence-corrected chi connectivity index (χ1v) is 6.69. The highest BCUT2D eigenvalue weighted by molar-refractivity contribution is 7.80. The van der Waals surface area contributed by atoms with Gasteiger partial charge in [0.2, 0.25) is 5.91 Å². The standard InChI is InChI=1S/C12H23NOS/c1-3-12(4-2)6-8-13(9-7-12)11(14)5-10-15/h15H,3-10H2,1-2H3. The molecule has 0 N–H and O–H groups in total. The van der Waals surface area contributed by atoms with Crippen LogP contribution in [0.3, 0.4) is 0 Å². The van der Waals surface area contributed by atoms with Crippen LogP contribution in [0.5, 0.6) is 0 Å². The van der Waals surface area contributed by atoms with Gasteiger partial charge in [-0.05, 0) is 24.0 Å². The lowest BCUT2D eigenvalue weighted by atomic mass is 9.74. The fourth-order valence-corrected chi connectivity index (χ4v) is 2.63. The van der Waals surface area contributed by atoms with E-state index in [1.165, 1.54) is 25.7 Å². The molecule has 1 rings (SSSR count). The molecular formula is C12H23NOS. The van der Waals surface area contributed by atoms with E-state index in [1.54, 1.807) is 0 Å². The molecule has 0 unspecified atom stereocenters. The van der Waals surface area contributed by atoms with E-state index in [2.05, 4.69) is 26.5 Å². The summed E-state index contributed by atoms with van der Waals surface area (Å²) >= 11 is 4.10. The van der Waals surface area contributed by atoms with E-state index in [-0.39, 0.29) is 5.91 Å². The smallest absolute Gasteiger partial charge is 0.223 e. The first kappa shape index (κ1) is 12.9. The Morgan fingerprint density at radius 2 is 1.80 bits per heavy atom. The van der Waals surface area contributed by atoms with Gasteiger partial charge in [0, 0.05) is 19.5 Å². The average molecular weight is 229 g/mol. The van der Waals surface area contributed by atoms with E-state index in [0.717, 1.165) is 13.1 Å². The third-order valence-corrected chi connectivity index (χ3v) is 4.23. The zero-order chi connectivity index (χ0) is 11.3. The molecule has 0 aromatic carbocycles. The van der Waals surface area contributed by atoms with Crippen molar-refractivity contribution in [3.63, 3.8) is 0 Å². The molecule has 0 saturated carbocycles. The van der Waals surface area contributed by atoms with Crippen molar-refractivity contribution in [1.29, 1.82) is 0 Å². The molecule has 88 valence electrons. The highest BCUT2D eigenvalue weighted by Crippen LogP contribution is 2.37. The van der Waals surface area contributed by atoms with Crippen LogP contribution >= 0.6 is 12.6 Å². The number of rotatable bonds is 4. The molecule has 1 heterocycles. The van der Waals surface area contributed by atoms with Crippen LogP contribution in [0.4, 0.5) is 0 Å². The maximum atomic E-state index is 11.7. The highest BCUT2D eigenvalue weighted by atomic mass is 32.1. The maximum absolute atomic E-state index is 11.7. The Labute approximate surface area is 98.8 Å². The molecule has 3 heteroatoms. The van der Waals surface area contributed by atoms with Gasteiger partial charge in [-0.25, -0.2) is 0 Å². The summed E-state index contributed by atoms with van der Waals surface area (Å²) in [7, 11) is 0. The predicted octanol–water partition coefficient (Wildman–Crippen LogP) is 2.74. The Morgan fingerprint density at radius 3 is 2.20 bits per heavy atom. The Bertz CT molecular complexity index is 204. The molecule has 1 aliphatic rings. The number of hydrogen-bond acceptors (Lipinski definition) is 2. The highest BCUT2D eigenvalue weighted by Gasteiger charge is 2.32. The zero-order valence-electron chi connectivity index (χ0n) is 9.96. The largest absolute Gasteiger partial charge is 0.343 e. The molecule has 1 saturated heterocycles. The van der Waals surface area contributed by atoms with Gasteiger partial charge in [-0.15, -0.1) is 0 Å². The summed E-state index contributed by atoms with van der Waals surface area (Å²) in [6.07, 6.45) is 5.45. The second-order valence-corrected chi connectivity index (χ2v) is 5.01. The maximum Gasteiger partial charge on any atom is 0.223 e. The normalized spacial score (nSPS) is 20.3. The Kier molecular flexibility index (Phi) is 4.97. The number of hydrogen-bond donors (Lipinski definition) is 1. The van der Waals surface area contributed by atoms with Crippen molar-refractivity contribution in [2.45, 2.75) is 46.0 Å². The van der Waals surface area contributed by atoms with Gasteiger partial charge < -0.3 is 4.90 Å². The fourth-order valence-electron chi connectivity index (χ4n) is 2.44. The average Bonchev–Trinajstić information content (AvgIpc) is 2.29. The summed E-state index contributed by atoms with van der Waals surface area (Å²) in [4.78, 5) is 13.7. The van der Waals surface area contributed by atoms with Gasteiger partial charge in [0.25, 0.3) is 0 Å². The Morgan fingerprint density at radius 1 is 1.27 bits per heavy atom. The molecule has 0 bridgehead atoms. The lowest BCUT2D eigenvalue weighted by Gasteiger charge is -2.41. The van der Waals surface area contributed by atoms with Gasteiger partial charge in [0.15, 0.2) is 0 Å². The SMILES string of the molecule is CCC1(CC)CCN(C(=O)CCS)CC1. The lowest BCUT2D eigenvalue weighted by Crippen LogP contribution is -2.42. The number of nitrogens with zero attached hydrogens (tertiary/aromatic N) is 1. The monoisotopic (exact) mass is 229 g/mol. The number of likely N-dealkylation sites (tertiary alicyclic amines) is 1. The molecule has 15 heavy (non-hydrogen) atoms. The topological polar surface area (TPSA) is 20.3 Å². The van der Waals surface area contributed by atoms with Crippen molar-refractivity contribution < 1.29 is 4.79 Å². The van der Waals surface area contributed by atoms with Crippen molar-refractivity contribution in [3.8, 4) is 0 Å². The molecule has 1 aliphatic heterocycles. The molecule has 0 aromatic heterocycles. The third-order valence-electron chi connectivity index (χ3n) is 4.00. The second-order valence-electron chi connectivity index (χ2n) is 4.56. The van der Waals surface area contributed by atoms with Gasteiger partial charge in [-0.2, -0.15) is 12.6 Å². The summed E-state index contributed by atoms with van der Waals surface area (Å²) in [6.45, 7) is 6.45. The molecule has 0 aromatic rings. The Hall–Kier alpha value is -0.180. The molecule has 0 atom stereocenters. The number of carbonyl (C=O) groups is 1. The van der Waals surface area contributed by atoms with Gasteiger partial charge in [-0.3, -0.25) is 4.79 Å². The molecule has 0 aliphatic carbocycles. The fraction of sp³-hybridized carbons (Fsp3) is 0.917. The van der Waals surface area contributed by atoms with Crippen LogP contribution in [0.15, 0.2) is 0 Å². The molecule has 1 amide bonds. The number of amides is 1. The summed E-state index contributed by atoms with van der Waals surface area (Å²) in [6, 6.07) is 0. The predicted molar refractivity (Wildman–Crippen MR) is 67.3 cm³/mol. The minimum absolute atomic E-state index is 0.283. The van der Waals surface area contributed by atoms with Crippen molar-refractivity contribution in [2.75, 3.05) is 18.8 Å². The molecular weight excluding hydrogens is 206 g/mol. The van der Waals surface area contributed by atoms with Crippen LogP contribution in [-0.2, 0) is 4.79 Å². The minimum atomic E-state index is 0.283. The second kappa shape index (κ2) is 5.78. The van der Waals surface area contributed by atoms with E-state index >= 15 is 0 Å². The minimum Gasteiger partial charge on any atom is -0.343 e. The summed E-state index contributed by atoms with van der Waals surface area (Å²) < 4.78 is 0. The van der Waals surface area contributed by atoms with E-state index < -0.39 is 0 Å². The van der Waals surface area contributed by atoms with Crippen LogP contribution in [0.2, 0.25) is 0 Å². The lowest BCUT2D eigenvalue weighted by molar-refractivity contribution is -0.133. The Balaban J connectivity index is 2.44. The van der Waals surface area contributed by atoms with Crippen molar-refractivity contribution in [1.82, 2.24) is 4.90 Å². The molecule has 2 nitrogen and oxygen atoms in total. The van der Waals surface area contributed by atoms with Crippen molar-refractivity contribution >= 4 is 18.5 Å². The van der Waals surface area contributed by atoms with E-state index in [0.29, 0.717) is 17.6 Å². The van der Waals surface area contributed by atoms with Gasteiger partial charge in [0.1, 0.15) is 0 Å². The van der Waals surface area contributed by atoms with Crippen LogP contribution in [0.1, 0.15) is 46.0 Å². The zero-order valence-corrected chi connectivity index (χ0v) is 10.9. The van der Waals surface area contributed by atoms with Gasteiger partial charge in [-0.1, -0.05) is 26.7 Å². The summed E-state index contributed by atoms with van der Waals surface area (Å²) in [5.74, 6) is 0.952. The number of thiol groups is 1. The molecule has 0 spiro atoms. The molecule has 1 fully saturated rings. The molecule has 0 radical (unpaired) electrons.